The number of nitrogens with zero attached hydrogens (tertiary/aromatic N) is 2. The average molecular weight is 384 g/mol. The zero-order valence-corrected chi connectivity index (χ0v) is 16.8. The van der Waals surface area contributed by atoms with E-state index in [1.807, 2.05) is 76.2 Å². The lowest BCUT2D eigenvalue weighted by atomic mass is 10.0. The Bertz CT molecular complexity index is 725. The van der Waals surface area contributed by atoms with E-state index in [1.54, 1.807) is 0 Å². The maximum Gasteiger partial charge on any atom is 0.122 e. The topological polar surface area (TPSA) is 83.6 Å². The highest BCUT2D eigenvalue weighted by molar-refractivity contribution is 6.02. The summed E-state index contributed by atoms with van der Waals surface area (Å²) in [5.41, 5.74) is 3.03. The number of ether oxygens (including phenoxy) is 2. The van der Waals surface area contributed by atoms with Crippen molar-refractivity contribution in [3.8, 4) is 11.5 Å². The molecule has 2 rings (SSSR count). The molecule has 0 aromatic heterocycles. The van der Waals surface area contributed by atoms with Crippen molar-refractivity contribution in [2.75, 3.05) is 13.2 Å². The first kappa shape index (κ1) is 21.3. The van der Waals surface area contributed by atoms with Crippen molar-refractivity contribution in [1.29, 1.82) is 0 Å². The molecular weight excluding hydrogens is 356 g/mol. The molecule has 6 nitrogen and oxygen atoms in total. The fraction of sp³-hybridized carbons (Fsp3) is 0.364. The van der Waals surface area contributed by atoms with Gasteiger partial charge in [-0.3, -0.25) is 0 Å². The van der Waals surface area contributed by atoms with E-state index < -0.39 is 0 Å². The van der Waals surface area contributed by atoms with Crippen molar-refractivity contribution in [3.63, 3.8) is 0 Å². The molecule has 0 saturated carbocycles. The molecule has 28 heavy (non-hydrogen) atoms. The summed E-state index contributed by atoms with van der Waals surface area (Å²) in [5, 5.41) is 24.9. The van der Waals surface area contributed by atoms with Crippen LogP contribution in [0.2, 0.25) is 0 Å². The number of oxime groups is 2. The SMILES string of the molecule is CC(C)C(=NO)c1ccc(OCCOc2ccc(/C(=N\O)C(C)C)cc2)cc1. The van der Waals surface area contributed by atoms with Crippen molar-refractivity contribution in [2.45, 2.75) is 27.7 Å². The molecule has 0 unspecified atom stereocenters. The van der Waals surface area contributed by atoms with Crippen molar-refractivity contribution >= 4 is 11.4 Å². The van der Waals surface area contributed by atoms with Crippen LogP contribution in [0.15, 0.2) is 58.8 Å². The molecule has 0 saturated heterocycles. The van der Waals surface area contributed by atoms with Crippen LogP contribution in [0, 0.1) is 11.8 Å². The van der Waals surface area contributed by atoms with Gasteiger partial charge in [-0.15, -0.1) is 0 Å². The minimum atomic E-state index is 0.136. The smallest absolute Gasteiger partial charge is 0.122 e. The zero-order valence-electron chi connectivity index (χ0n) is 16.8. The van der Waals surface area contributed by atoms with Crippen LogP contribution in [0.1, 0.15) is 38.8 Å². The van der Waals surface area contributed by atoms with Crippen LogP contribution >= 0.6 is 0 Å². The number of rotatable bonds is 9. The first-order chi connectivity index (χ1) is 13.5. The highest BCUT2D eigenvalue weighted by Crippen LogP contribution is 2.17. The van der Waals surface area contributed by atoms with E-state index in [9.17, 15) is 0 Å². The van der Waals surface area contributed by atoms with Gasteiger partial charge in [-0.05, 0) is 71.5 Å². The molecule has 0 spiro atoms. The number of hydrogen-bond donors (Lipinski definition) is 2. The van der Waals surface area contributed by atoms with Crippen LogP contribution in [0.4, 0.5) is 0 Å². The molecule has 0 heterocycles. The van der Waals surface area contributed by atoms with E-state index in [4.69, 9.17) is 19.9 Å². The van der Waals surface area contributed by atoms with Gasteiger partial charge in [-0.2, -0.15) is 0 Å². The third-order valence-electron chi connectivity index (χ3n) is 4.23. The normalized spacial score (nSPS) is 12.5. The molecular formula is C22H28N2O4. The summed E-state index contributed by atoms with van der Waals surface area (Å²) < 4.78 is 11.4. The lowest BCUT2D eigenvalue weighted by Gasteiger charge is -2.11. The van der Waals surface area contributed by atoms with Gasteiger partial charge < -0.3 is 19.9 Å². The van der Waals surface area contributed by atoms with Gasteiger partial charge in [0, 0.05) is 0 Å². The van der Waals surface area contributed by atoms with Crippen molar-refractivity contribution in [1.82, 2.24) is 0 Å². The van der Waals surface area contributed by atoms with E-state index >= 15 is 0 Å². The first-order valence-corrected chi connectivity index (χ1v) is 9.36. The van der Waals surface area contributed by atoms with Gasteiger partial charge in [0.25, 0.3) is 0 Å². The van der Waals surface area contributed by atoms with E-state index in [0.717, 1.165) is 22.6 Å². The molecule has 0 bridgehead atoms. The monoisotopic (exact) mass is 384 g/mol. The molecule has 0 atom stereocenters. The van der Waals surface area contributed by atoms with Crippen LogP contribution in [0.3, 0.4) is 0 Å². The van der Waals surface area contributed by atoms with Crippen molar-refractivity contribution in [3.05, 3.63) is 59.7 Å². The molecule has 0 fully saturated rings. The quantitative estimate of drug-likeness (QED) is 0.281. The van der Waals surface area contributed by atoms with Gasteiger partial charge in [0.1, 0.15) is 24.7 Å². The molecule has 2 N–H and O–H groups in total. The average Bonchev–Trinajstić information content (AvgIpc) is 2.68. The summed E-state index contributed by atoms with van der Waals surface area (Å²) >= 11 is 0. The Morgan fingerprint density at radius 3 is 1.25 bits per heavy atom. The van der Waals surface area contributed by atoms with Gasteiger partial charge in [-0.1, -0.05) is 38.0 Å². The van der Waals surface area contributed by atoms with E-state index in [-0.39, 0.29) is 11.8 Å². The van der Waals surface area contributed by atoms with Crippen LogP contribution in [0.5, 0.6) is 11.5 Å². The lowest BCUT2D eigenvalue weighted by Crippen LogP contribution is -2.11. The molecule has 0 aliphatic heterocycles. The van der Waals surface area contributed by atoms with Gasteiger partial charge in [-0.25, -0.2) is 0 Å². The number of hydrogen-bond acceptors (Lipinski definition) is 6. The highest BCUT2D eigenvalue weighted by Gasteiger charge is 2.10. The number of benzene rings is 2. The van der Waals surface area contributed by atoms with E-state index in [1.165, 1.54) is 0 Å². The Hall–Kier alpha value is -3.02. The van der Waals surface area contributed by atoms with Crippen molar-refractivity contribution < 1.29 is 19.9 Å². The van der Waals surface area contributed by atoms with Gasteiger partial charge in [0.15, 0.2) is 0 Å². The predicted molar refractivity (Wildman–Crippen MR) is 110 cm³/mol. The van der Waals surface area contributed by atoms with Gasteiger partial charge >= 0.3 is 0 Å². The summed E-state index contributed by atoms with van der Waals surface area (Å²) in [6.07, 6.45) is 0. The molecule has 0 aliphatic carbocycles. The maximum absolute atomic E-state index is 9.11. The summed E-state index contributed by atoms with van der Waals surface area (Å²) in [6, 6.07) is 14.9. The molecule has 150 valence electrons. The molecule has 6 heteroatoms. The maximum atomic E-state index is 9.11. The predicted octanol–water partition coefficient (Wildman–Crippen LogP) is 4.81. The Kier molecular flexibility index (Phi) is 7.87. The third-order valence-corrected chi connectivity index (χ3v) is 4.23. The third kappa shape index (κ3) is 5.74. The van der Waals surface area contributed by atoms with Gasteiger partial charge in [0.05, 0.1) is 11.4 Å². The minimum Gasteiger partial charge on any atom is -0.490 e. The summed E-state index contributed by atoms with van der Waals surface area (Å²) in [7, 11) is 0. The largest absolute Gasteiger partial charge is 0.490 e. The van der Waals surface area contributed by atoms with Crippen LogP contribution < -0.4 is 9.47 Å². The Labute approximate surface area is 166 Å². The second-order valence-electron chi connectivity index (χ2n) is 7.03. The zero-order chi connectivity index (χ0) is 20.5. The van der Waals surface area contributed by atoms with E-state index in [0.29, 0.717) is 24.6 Å². The van der Waals surface area contributed by atoms with Crippen LogP contribution in [0.25, 0.3) is 0 Å². The summed E-state index contributed by atoms with van der Waals surface area (Å²) in [4.78, 5) is 0. The highest BCUT2D eigenvalue weighted by atomic mass is 16.5. The fourth-order valence-electron chi connectivity index (χ4n) is 2.78. The fourth-order valence-corrected chi connectivity index (χ4v) is 2.78. The first-order valence-electron chi connectivity index (χ1n) is 9.36. The molecule has 0 aliphatic rings. The van der Waals surface area contributed by atoms with Crippen molar-refractivity contribution in [2.24, 2.45) is 22.1 Å². The minimum absolute atomic E-state index is 0.136. The second kappa shape index (κ2) is 10.3. The molecule has 2 aromatic rings. The lowest BCUT2D eigenvalue weighted by molar-refractivity contribution is 0.217. The second-order valence-corrected chi connectivity index (χ2v) is 7.03. The summed E-state index contributed by atoms with van der Waals surface area (Å²) in [6.45, 7) is 8.71. The van der Waals surface area contributed by atoms with Gasteiger partial charge in [0.2, 0.25) is 0 Å². The Morgan fingerprint density at radius 1 is 0.679 bits per heavy atom. The Morgan fingerprint density at radius 2 is 1.00 bits per heavy atom. The summed E-state index contributed by atoms with van der Waals surface area (Å²) in [5.74, 6) is 1.72. The molecule has 0 radical (unpaired) electrons. The molecule has 0 amide bonds. The molecule has 2 aromatic carbocycles. The Balaban J connectivity index is 1.83. The standard InChI is InChI=1S/C22H28N2O4/c1-15(2)21(23-25)17-5-9-19(10-6-17)27-13-14-28-20-11-7-18(8-12-20)22(24-26)16(3)4/h5-12,15-16,25-26H,13-14H2,1-4H3/b23-21-,24-22?. The van der Waals surface area contributed by atoms with Crippen LogP contribution in [-0.4, -0.2) is 35.1 Å². The van der Waals surface area contributed by atoms with E-state index in [2.05, 4.69) is 10.3 Å². The van der Waals surface area contributed by atoms with Crippen LogP contribution in [-0.2, 0) is 0 Å².